The Balaban J connectivity index is 1.47. The van der Waals surface area contributed by atoms with Gasteiger partial charge in [0.1, 0.15) is 5.82 Å². The van der Waals surface area contributed by atoms with Crippen LogP contribution in [0.2, 0.25) is 0 Å². The zero-order chi connectivity index (χ0) is 20.5. The van der Waals surface area contributed by atoms with Gasteiger partial charge in [0.2, 0.25) is 11.8 Å². The maximum absolute atomic E-state index is 12.9. The van der Waals surface area contributed by atoms with Crippen LogP contribution in [0.15, 0.2) is 78.9 Å². The van der Waals surface area contributed by atoms with Crippen LogP contribution >= 0.6 is 0 Å². The topological polar surface area (TPSA) is 70.2 Å². The van der Waals surface area contributed by atoms with Gasteiger partial charge in [-0.25, -0.2) is 4.39 Å². The number of halogens is 1. The van der Waals surface area contributed by atoms with Crippen LogP contribution in [-0.2, 0) is 16.0 Å². The van der Waals surface area contributed by atoms with Crippen molar-refractivity contribution in [1.29, 1.82) is 0 Å². The van der Waals surface area contributed by atoms with Crippen molar-refractivity contribution in [2.75, 3.05) is 22.5 Å². The number of benzene rings is 3. The first-order valence-electron chi connectivity index (χ1n) is 9.31. The molecule has 3 aromatic carbocycles. The van der Waals surface area contributed by atoms with Gasteiger partial charge in [-0.1, -0.05) is 36.4 Å². The summed E-state index contributed by atoms with van der Waals surface area (Å²) in [4.78, 5) is 24.3. The van der Waals surface area contributed by atoms with Gasteiger partial charge < -0.3 is 16.0 Å². The zero-order valence-electron chi connectivity index (χ0n) is 15.8. The van der Waals surface area contributed by atoms with Crippen molar-refractivity contribution in [3.05, 3.63) is 90.2 Å². The van der Waals surface area contributed by atoms with Crippen molar-refractivity contribution < 1.29 is 14.0 Å². The van der Waals surface area contributed by atoms with E-state index in [1.165, 1.54) is 12.1 Å². The van der Waals surface area contributed by atoms with E-state index in [9.17, 15) is 14.0 Å². The number of carbonyl (C=O) groups excluding carboxylic acids is 2. The van der Waals surface area contributed by atoms with Crippen LogP contribution in [0.4, 0.5) is 21.5 Å². The van der Waals surface area contributed by atoms with Crippen molar-refractivity contribution in [2.24, 2.45) is 0 Å². The van der Waals surface area contributed by atoms with Crippen molar-refractivity contribution in [2.45, 2.75) is 12.8 Å². The maximum Gasteiger partial charge on any atom is 0.243 e. The van der Waals surface area contributed by atoms with E-state index in [2.05, 4.69) is 16.0 Å². The van der Waals surface area contributed by atoms with Gasteiger partial charge in [0.15, 0.2) is 0 Å². The lowest BCUT2D eigenvalue weighted by atomic mass is 10.1. The van der Waals surface area contributed by atoms with E-state index in [1.54, 1.807) is 36.4 Å². The molecular weight excluding hydrogens is 369 g/mol. The molecule has 0 unspecified atom stereocenters. The van der Waals surface area contributed by atoms with Crippen LogP contribution in [0.1, 0.15) is 12.0 Å². The number of hydrogen-bond acceptors (Lipinski definition) is 3. The Morgan fingerprint density at radius 1 is 0.724 bits per heavy atom. The minimum absolute atomic E-state index is 0.0410. The molecule has 148 valence electrons. The van der Waals surface area contributed by atoms with Crippen molar-refractivity contribution in [1.82, 2.24) is 0 Å². The molecule has 0 bridgehead atoms. The Bertz CT molecular complexity index is 959. The SMILES string of the molecule is O=C(CCc1ccccc1)Nc1cccc(NC(=O)CNc2ccc(F)cc2)c1. The highest BCUT2D eigenvalue weighted by molar-refractivity contribution is 5.95. The number of hydrogen-bond donors (Lipinski definition) is 3. The van der Waals surface area contributed by atoms with E-state index in [-0.39, 0.29) is 24.2 Å². The molecule has 2 amide bonds. The van der Waals surface area contributed by atoms with Gasteiger partial charge in [-0.15, -0.1) is 0 Å². The van der Waals surface area contributed by atoms with Gasteiger partial charge >= 0.3 is 0 Å². The average molecular weight is 391 g/mol. The predicted octanol–water partition coefficient (Wildman–Crippen LogP) is 4.45. The fourth-order valence-corrected chi connectivity index (χ4v) is 2.76. The summed E-state index contributed by atoms with van der Waals surface area (Å²) < 4.78 is 12.9. The Morgan fingerprint density at radius 2 is 1.38 bits per heavy atom. The van der Waals surface area contributed by atoms with E-state index < -0.39 is 0 Å². The maximum atomic E-state index is 12.9. The molecule has 0 aliphatic heterocycles. The lowest BCUT2D eigenvalue weighted by molar-refractivity contribution is -0.116. The first-order valence-corrected chi connectivity index (χ1v) is 9.31. The van der Waals surface area contributed by atoms with Crippen LogP contribution in [0.3, 0.4) is 0 Å². The highest BCUT2D eigenvalue weighted by Gasteiger charge is 2.06. The molecule has 0 aliphatic carbocycles. The van der Waals surface area contributed by atoms with Crippen molar-refractivity contribution >= 4 is 28.9 Å². The molecule has 3 aromatic rings. The molecule has 29 heavy (non-hydrogen) atoms. The highest BCUT2D eigenvalue weighted by atomic mass is 19.1. The second-order valence-corrected chi connectivity index (χ2v) is 6.52. The summed E-state index contributed by atoms with van der Waals surface area (Å²) in [6, 6.07) is 22.6. The van der Waals surface area contributed by atoms with Crippen LogP contribution in [0.25, 0.3) is 0 Å². The first kappa shape index (κ1) is 20.1. The summed E-state index contributed by atoms with van der Waals surface area (Å²) in [5.41, 5.74) is 2.96. The molecule has 0 aromatic heterocycles. The molecule has 0 spiro atoms. The van der Waals surface area contributed by atoms with E-state index >= 15 is 0 Å². The summed E-state index contributed by atoms with van der Waals surface area (Å²) in [5, 5.41) is 8.54. The average Bonchev–Trinajstić information content (AvgIpc) is 2.73. The van der Waals surface area contributed by atoms with Crippen LogP contribution in [-0.4, -0.2) is 18.4 Å². The van der Waals surface area contributed by atoms with Gasteiger partial charge in [0, 0.05) is 23.5 Å². The third-order valence-corrected chi connectivity index (χ3v) is 4.21. The van der Waals surface area contributed by atoms with E-state index in [0.29, 0.717) is 29.9 Å². The lowest BCUT2D eigenvalue weighted by Crippen LogP contribution is -2.21. The van der Waals surface area contributed by atoms with Gasteiger partial charge in [-0.3, -0.25) is 9.59 Å². The summed E-state index contributed by atoms with van der Waals surface area (Å²) in [6.07, 6.45) is 1.04. The minimum Gasteiger partial charge on any atom is -0.376 e. The first-order chi connectivity index (χ1) is 14.1. The Kier molecular flexibility index (Phi) is 6.95. The van der Waals surface area contributed by atoms with Gasteiger partial charge in [0.25, 0.3) is 0 Å². The molecule has 3 rings (SSSR count). The molecule has 5 nitrogen and oxygen atoms in total. The summed E-state index contributed by atoms with van der Waals surface area (Å²) in [6.45, 7) is 0.0410. The Labute approximate surface area is 169 Å². The summed E-state index contributed by atoms with van der Waals surface area (Å²) in [5.74, 6) is -0.667. The minimum atomic E-state index is -0.331. The van der Waals surface area contributed by atoms with Crippen LogP contribution < -0.4 is 16.0 Å². The fourth-order valence-electron chi connectivity index (χ4n) is 2.76. The Morgan fingerprint density at radius 3 is 2.07 bits per heavy atom. The largest absolute Gasteiger partial charge is 0.376 e. The smallest absolute Gasteiger partial charge is 0.243 e. The third kappa shape index (κ3) is 6.77. The molecule has 0 fully saturated rings. The third-order valence-electron chi connectivity index (χ3n) is 4.21. The van der Waals surface area contributed by atoms with Gasteiger partial charge in [-0.05, 0) is 54.4 Å². The standard InChI is InChI=1S/C23H22FN3O2/c24-18-10-12-19(13-11-18)25-16-23(29)27-21-8-4-7-20(15-21)26-22(28)14-9-17-5-2-1-3-6-17/h1-8,10-13,15,25H,9,14,16H2,(H,26,28)(H,27,29). The summed E-state index contributed by atoms with van der Waals surface area (Å²) >= 11 is 0. The molecule has 0 saturated carbocycles. The Hall–Kier alpha value is -3.67. The molecule has 0 heterocycles. The number of aryl methyl sites for hydroxylation is 1. The van der Waals surface area contributed by atoms with Crippen LogP contribution in [0.5, 0.6) is 0 Å². The number of anilines is 3. The number of nitrogens with one attached hydrogen (secondary N) is 3. The number of amides is 2. The molecule has 6 heteroatoms. The monoisotopic (exact) mass is 391 g/mol. The predicted molar refractivity (Wildman–Crippen MR) is 113 cm³/mol. The molecule has 0 saturated heterocycles. The molecule has 0 radical (unpaired) electrons. The number of carbonyl (C=O) groups is 2. The van der Waals surface area contributed by atoms with Gasteiger partial charge in [-0.2, -0.15) is 0 Å². The van der Waals surface area contributed by atoms with Crippen molar-refractivity contribution in [3.63, 3.8) is 0 Å². The highest BCUT2D eigenvalue weighted by Crippen LogP contribution is 2.16. The van der Waals surface area contributed by atoms with Gasteiger partial charge in [0.05, 0.1) is 6.54 Å². The quantitative estimate of drug-likeness (QED) is 0.531. The normalized spacial score (nSPS) is 10.2. The second kappa shape index (κ2) is 10.0. The molecular formula is C23H22FN3O2. The lowest BCUT2D eigenvalue weighted by Gasteiger charge is -2.10. The molecule has 0 atom stereocenters. The van der Waals surface area contributed by atoms with E-state index in [4.69, 9.17) is 0 Å². The molecule has 3 N–H and O–H groups in total. The fraction of sp³-hybridized carbons (Fsp3) is 0.130. The van der Waals surface area contributed by atoms with E-state index in [0.717, 1.165) is 5.56 Å². The second-order valence-electron chi connectivity index (χ2n) is 6.52. The van der Waals surface area contributed by atoms with Crippen molar-refractivity contribution in [3.8, 4) is 0 Å². The van der Waals surface area contributed by atoms with E-state index in [1.807, 2.05) is 30.3 Å². The molecule has 0 aliphatic rings. The summed E-state index contributed by atoms with van der Waals surface area (Å²) in [7, 11) is 0. The zero-order valence-corrected chi connectivity index (χ0v) is 15.8. The van der Waals surface area contributed by atoms with Crippen LogP contribution in [0, 0.1) is 5.82 Å². The number of rotatable bonds is 8.